The molecule has 0 spiro atoms. The normalized spacial score (nSPS) is 17.1. The molecule has 7 nitrogen and oxygen atoms in total. The van der Waals surface area contributed by atoms with Crippen molar-refractivity contribution in [3.8, 4) is 0 Å². The van der Waals surface area contributed by atoms with Crippen LogP contribution in [0.5, 0.6) is 0 Å². The Morgan fingerprint density at radius 2 is 2.21 bits per heavy atom. The first-order valence-electron chi connectivity index (χ1n) is 9.94. The highest BCUT2D eigenvalue weighted by Crippen LogP contribution is 2.22. The number of carbonyl (C=O) groups is 1. The summed E-state index contributed by atoms with van der Waals surface area (Å²) in [6.07, 6.45) is 5.32. The summed E-state index contributed by atoms with van der Waals surface area (Å²) in [6, 6.07) is 6.30. The van der Waals surface area contributed by atoms with Crippen molar-refractivity contribution >= 4 is 22.8 Å². The van der Waals surface area contributed by atoms with E-state index in [1.54, 1.807) is 19.0 Å². The summed E-state index contributed by atoms with van der Waals surface area (Å²) in [5, 5.41) is 7.97. The predicted molar refractivity (Wildman–Crippen MR) is 113 cm³/mol. The van der Waals surface area contributed by atoms with E-state index in [4.69, 9.17) is 4.74 Å². The second-order valence-corrected chi connectivity index (χ2v) is 7.46. The fraction of sp³-hybridized carbons (Fsp3) is 0.524. The van der Waals surface area contributed by atoms with E-state index < -0.39 is 0 Å². The molecular weight excluding hydrogens is 354 g/mol. The molecule has 1 fully saturated rings. The average molecular weight is 386 g/mol. The average Bonchev–Trinajstić information content (AvgIpc) is 3.33. The molecule has 2 heterocycles. The molecule has 7 heteroatoms. The van der Waals surface area contributed by atoms with Crippen LogP contribution in [0.1, 0.15) is 24.0 Å². The van der Waals surface area contributed by atoms with Crippen LogP contribution in [0, 0.1) is 6.92 Å². The summed E-state index contributed by atoms with van der Waals surface area (Å²) < 4.78 is 5.67. The zero-order valence-electron chi connectivity index (χ0n) is 17.0. The summed E-state index contributed by atoms with van der Waals surface area (Å²) in [5.41, 5.74) is 3.72. The Bertz CT molecular complexity index is 821. The van der Waals surface area contributed by atoms with Crippen molar-refractivity contribution < 1.29 is 9.53 Å². The van der Waals surface area contributed by atoms with E-state index in [0.717, 1.165) is 37.9 Å². The van der Waals surface area contributed by atoms with Gasteiger partial charge < -0.3 is 25.3 Å². The van der Waals surface area contributed by atoms with E-state index in [0.29, 0.717) is 12.5 Å². The minimum atomic E-state index is -0.0227. The monoisotopic (exact) mass is 385 g/mol. The van der Waals surface area contributed by atoms with Gasteiger partial charge in [-0.25, -0.2) is 4.99 Å². The van der Waals surface area contributed by atoms with Crippen LogP contribution in [0.25, 0.3) is 10.9 Å². The molecule has 1 atom stereocenters. The zero-order valence-corrected chi connectivity index (χ0v) is 17.0. The molecule has 3 rings (SSSR count). The zero-order chi connectivity index (χ0) is 19.9. The number of fused-ring (bicyclic) bond motifs is 1. The van der Waals surface area contributed by atoms with Crippen molar-refractivity contribution in [3.63, 3.8) is 0 Å². The van der Waals surface area contributed by atoms with Gasteiger partial charge in [0.1, 0.15) is 6.54 Å². The first-order valence-corrected chi connectivity index (χ1v) is 9.94. The topological polar surface area (TPSA) is 81.8 Å². The van der Waals surface area contributed by atoms with E-state index >= 15 is 0 Å². The molecule has 1 aliphatic heterocycles. The van der Waals surface area contributed by atoms with Crippen molar-refractivity contribution in [1.29, 1.82) is 0 Å². The van der Waals surface area contributed by atoms with Gasteiger partial charge in [-0.2, -0.15) is 0 Å². The number of nitrogens with one attached hydrogen (secondary N) is 3. The first-order chi connectivity index (χ1) is 13.5. The molecule has 0 aliphatic carbocycles. The van der Waals surface area contributed by atoms with Crippen LogP contribution in [-0.4, -0.2) is 68.2 Å². The van der Waals surface area contributed by atoms with Crippen LogP contribution in [0.15, 0.2) is 29.4 Å². The summed E-state index contributed by atoms with van der Waals surface area (Å²) >= 11 is 0. The van der Waals surface area contributed by atoms with Crippen molar-refractivity contribution in [2.75, 3.05) is 40.3 Å². The van der Waals surface area contributed by atoms with Crippen LogP contribution in [0.4, 0.5) is 0 Å². The third-order valence-corrected chi connectivity index (χ3v) is 5.07. The number of aliphatic imine (C=N–C) groups is 1. The van der Waals surface area contributed by atoms with Crippen LogP contribution < -0.4 is 10.6 Å². The molecule has 1 unspecified atom stereocenters. The van der Waals surface area contributed by atoms with Gasteiger partial charge in [-0.3, -0.25) is 4.79 Å². The van der Waals surface area contributed by atoms with Gasteiger partial charge in [0.05, 0.1) is 6.10 Å². The third-order valence-electron chi connectivity index (χ3n) is 5.07. The molecular formula is C21H31N5O2. The Morgan fingerprint density at radius 1 is 1.36 bits per heavy atom. The Kier molecular flexibility index (Phi) is 6.92. The quantitative estimate of drug-likeness (QED) is 0.502. The summed E-state index contributed by atoms with van der Waals surface area (Å²) in [6.45, 7) is 4.52. The number of nitrogens with zero attached hydrogens (tertiary/aromatic N) is 2. The number of amides is 1. The summed E-state index contributed by atoms with van der Waals surface area (Å²) in [7, 11) is 3.48. The highest BCUT2D eigenvalue weighted by Gasteiger charge is 2.16. The molecule has 28 heavy (non-hydrogen) atoms. The SMILES string of the molecule is Cc1cccc2[nH]cc(CCNC(=NCC(=O)N(C)C)NCC3CCCO3)c12. The number of guanidine groups is 1. The highest BCUT2D eigenvalue weighted by molar-refractivity contribution is 5.87. The van der Waals surface area contributed by atoms with Crippen molar-refractivity contribution in [2.24, 2.45) is 4.99 Å². The predicted octanol–water partition coefficient (Wildman–Crippen LogP) is 1.82. The third kappa shape index (κ3) is 5.25. The van der Waals surface area contributed by atoms with Crippen molar-refractivity contribution in [2.45, 2.75) is 32.3 Å². The summed E-state index contributed by atoms with van der Waals surface area (Å²) in [4.78, 5) is 21.2. The van der Waals surface area contributed by atoms with Gasteiger partial charge >= 0.3 is 0 Å². The Labute approximate surface area is 166 Å². The standard InChI is InChI=1S/C21H31N5O2/c1-15-6-4-8-18-20(15)16(12-23-18)9-10-22-21(25-14-19(27)26(2)3)24-13-17-7-5-11-28-17/h4,6,8,12,17,23H,5,7,9-11,13-14H2,1-3H3,(H2,22,24,25). The number of hydrogen-bond acceptors (Lipinski definition) is 3. The van der Waals surface area contributed by atoms with Crippen molar-refractivity contribution in [3.05, 3.63) is 35.5 Å². The number of aromatic nitrogens is 1. The first kappa shape index (κ1) is 20.2. The maximum atomic E-state index is 11.9. The van der Waals surface area contributed by atoms with Crippen LogP contribution in [-0.2, 0) is 16.0 Å². The van der Waals surface area contributed by atoms with E-state index in [1.165, 1.54) is 16.5 Å². The number of benzene rings is 1. The number of aromatic amines is 1. The minimum absolute atomic E-state index is 0.0227. The smallest absolute Gasteiger partial charge is 0.243 e. The lowest BCUT2D eigenvalue weighted by Crippen LogP contribution is -2.42. The van der Waals surface area contributed by atoms with Gasteiger partial charge in [0.2, 0.25) is 5.91 Å². The number of H-pyrrole nitrogens is 1. The van der Waals surface area contributed by atoms with Gasteiger partial charge in [0.25, 0.3) is 0 Å². The Hall–Kier alpha value is -2.54. The van der Waals surface area contributed by atoms with E-state index in [1.807, 2.05) is 0 Å². The van der Waals surface area contributed by atoms with Gasteiger partial charge in [0.15, 0.2) is 5.96 Å². The maximum absolute atomic E-state index is 11.9. The van der Waals surface area contributed by atoms with E-state index in [-0.39, 0.29) is 18.6 Å². The fourth-order valence-corrected chi connectivity index (χ4v) is 3.44. The second-order valence-electron chi connectivity index (χ2n) is 7.46. The van der Waals surface area contributed by atoms with E-state index in [9.17, 15) is 4.79 Å². The van der Waals surface area contributed by atoms with E-state index in [2.05, 4.69) is 51.9 Å². The molecule has 3 N–H and O–H groups in total. The molecule has 1 saturated heterocycles. The summed E-state index contributed by atoms with van der Waals surface area (Å²) in [5.74, 6) is 0.632. The number of ether oxygens (including phenoxy) is 1. The minimum Gasteiger partial charge on any atom is -0.376 e. The largest absolute Gasteiger partial charge is 0.376 e. The molecule has 1 amide bonds. The van der Waals surface area contributed by atoms with Gasteiger partial charge in [-0.05, 0) is 43.4 Å². The van der Waals surface area contributed by atoms with Crippen LogP contribution in [0.3, 0.4) is 0 Å². The van der Waals surface area contributed by atoms with Gasteiger partial charge in [-0.1, -0.05) is 12.1 Å². The lowest BCUT2D eigenvalue weighted by Gasteiger charge is -2.16. The molecule has 1 aromatic carbocycles. The molecule has 0 bridgehead atoms. The lowest BCUT2D eigenvalue weighted by atomic mass is 10.1. The number of hydrogen-bond donors (Lipinski definition) is 3. The fourth-order valence-electron chi connectivity index (χ4n) is 3.44. The molecule has 0 radical (unpaired) electrons. The molecule has 2 aromatic rings. The Balaban J connectivity index is 1.59. The van der Waals surface area contributed by atoms with Gasteiger partial charge in [-0.15, -0.1) is 0 Å². The molecule has 152 valence electrons. The van der Waals surface area contributed by atoms with Crippen molar-refractivity contribution in [1.82, 2.24) is 20.5 Å². The highest BCUT2D eigenvalue weighted by atomic mass is 16.5. The molecule has 0 saturated carbocycles. The molecule has 1 aromatic heterocycles. The van der Waals surface area contributed by atoms with Crippen LogP contribution in [0.2, 0.25) is 0 Å². The maximum Gasteiger partial charge on any atom is 0.243 e. The second kappa shape index (κ2) is 9.59. The molecule has 1 aliphatic rings. The lowest BCUT2D eigenvalue weighted by molar-refractivity contribution is -0.127. The van der Waals surface area contributed by atoms with Crippen LogP contribution >= 0.6 is 0 Å². The number of rotatable bonds is 7. The van der Waals surface area contributed by atoms with Gasteiger partial charge in [0, 0.05) is 50.9 Å². The number of aryl methyl sites for hydroxylation is 1. The number of carbonyl (C=O) groups excluding carboxylic acids is 1. The Morgan fingerprint density at radius 3 is 2.96 bits per heavy atom. The number of likely N-dealkylation sites (N-methyl/N-ethyl adjacent to an activating group) is 1.